The molecule has 0 aromatic heterocycles. The second-order valence-corrected chi connectivity index (χ2v) is 4.74. The third-order valence-electron chi connectivity index (χ3n) is 2.79. The van der Waals surface area contributed by atoms with Crippen molar-refractivity contribution in [2.75, 3.05) is 13.2 Å². The molecule has 0 heterocycles. The Bertz CT molecular complexity index is 413. The number of ether oxygens (including phenoxy) is 1. The highest BCUT2D eigenvalue weighted by molar-refractivity contribution is 5.75. The van der Waals surface area contributed by atoms with Gasteiger partial charge in [0.25, 0.3) is 0 Å². The van der Waals surface area contributed by atoms with Crippen molar-refractivity contribution >= 4 is 5.91 Å². The highest BCUT2D eigenvalue weighted by Gasteiger charge is 2.07. The second-order valence-electron chi connectivity index (χ2n) is 4.74. The summed E-state index contributed by atoms with van der Waals surface area (Å²) in [4.78, 5) is 11.4. The van der Waals surface area contributed by atoms with Gasteiger partial charge in [0.1, 0.15) is 5.75 Å². The molecule has 1 aromatic rings. The number of carbonyl (C=O) groups is 1. The molecule has 0 aliphatic rings. The van der Waals surface area contributed by atoms with Crippen molar-refractivity contribution in [2.24, 2.45) is 0 Å². The summed E-state index contributed by atoms with van der Waals surface area (Å²) in [7, 11) is 0. The smallest absolute Gasteiger partial charge is 0.220 e. The minimum absolute atomic E-state index is 0.0423. The first-order valence-corrected chi connectivity index (χ1v) is 6.74. The van der Waals surface area contributed by atoms with Crippen LogP contribution < -0.4 is 10.1 Å². The average molecular weight is 261 g/mol. The number of carbonyl (C=O) groups excluding carboxylic acids is 1. The number of amides is 1. The maximum atomic E-state index is 11.4. The lowest BCUT2D eigenvalue weighted by Crippen LogP contribution is -2.23. The van der Waals surface area contributed by atoms with Crippen LogP contribution in [0.1, 0.15) is 38.2 Å². The number of rotatable bonds is 8. The number of benzene rings is 1. The Balaban J connectivity index is 2.33. The summed E-state index contributed by atoms with van der Waals surface area (Å²) in [6.07, 6.45) is 2.88. The molecule has 19 heavy (non-hydrogen) atoms. The second kappa shape index (κ2) is 8.35. The molecule has 0 aliphatic heterocycles. The SMILES string of the molecule is C=CCNC(=O)CCCOc1ccccc1C(C)C. The minimum atomic E-state index is 0.0423. The Morgan fingerprint density at radius 2 is 2.16 bits per heavy atom. The molecule has 0 saturated carbocycles. The lowest BCUT2D eigenvalue weighted by Gasteiger charge is -2.13. The fraction of sp³-hybridized carbons (Fsp3) is 0.438. The van der Waals surface area contributed by atoms with Crippen molar-refractivity contribution in [1.29, 1.82) is 0 Å². The van der Waals surface area contributed by atoms with Crippen LogP contribution >= 0.6 is 0 Å². The fourth-order valence-electron chi connectivity index (χ4n) is 1.78. The van der Waals surface area contributed by atoms with Crippen LogP contribution in [0, 0.1) is 0 Å². The van der Waals surface area contributed by atoms with E-state index in [1.165, 1.54) is 5.56 Å². The molecule has 0 radical (unpaired) electrons. The Kier molecular flexibility index (Phi) is 6.72. The van der Waals surface area contributed by atoms with E-state index >= 15 is 0 Å². The Hall–Kier alpha value is -1.77. The summed E-state index contributed by atoms with van der Waals surface area (Å²) < 4.78 is 5.75. The highest BCUT2D eigenvalue weighted by atomic mass is 16.5. The van der Waals surface area contributed by atoms with Crippen LogP contribution in [-0.2, 0) is 4.79 Å². The van der Waals surface area contributed by atoms with Crippen molar-refractivity contribution in [3.8, 4) is 5.75 Å². The molecular formula is C16H23NO2. The van der Waals surface area contributed by atoms with Gasteiger partial charge in [0.05, 0.1) is 6.61 Å². The van der Waals surface area contributed by atoms with Gasteiger partial charge in [-0.25, -0.2) is 0 Å². The van der Waals surface area contributed by atoms with Gasteiger partial charge in [0.2, 0.25) is 5.91 Å². The van der Waals surface area contributed by atoms with E-state index in [1.54, 1.807) is 6.08 Å². The van der Waals surface area contributed by atoms with Gasteiger partial charge in [0, 0.05) is 13.0 Å². The van der Waals surface area contributed by atoms with Crippen molar-refractivity contribution in [3.05, 3.63) is 42.5 Å². The predicted molar refractivity (Wildman–Crippen MR) is 78.5 cm³/mol. The lowest BCUT2D eigenvalue weighted by atomic mass is 10.0. The first kappa shape index (κ1) is 15.3. The van der Waals surface area contributed by atoms with Crippen LogP contribution in [0.4, 0.5) is 0 Å². The summed E-state index contributed by atoms with van der Waals surface area (Å²) >= 11 is 0. The van der Waals surface area contributed by atoms with Gasteiger partial charge >= 0.3 is 0 Å². The summed E-state index contributed by atoms with van der Waals surface area (Å²) in [6, 6.07) is 8.05. The van der Waals surface area contributed by atoms with Crippen LogP contribution in [0.15, 0.2) is 36.9 Å². The molecule has 0 saturated heterocycles. The number of para-hydroxylation sites is 1. The maximum absolute atomic E-state index is 11.4. The monoisotopic (exact) mass is 261 g/mol. The normalized spacial score (nSPS) is 10.3. The van der Waals surface area contributed by atoms with Crippen LogP contribution in [0.25, 0.3) is 0 Å². The maximum Gasteiger partial charge on any atom is 0.220 e. The molecule has 1 aromatic carbocycles. The van der Waals surface area contributed by atoms with Crippen LogP contribution in [0.5, 0.6) is 5.75 Å². The standard InChI is InChI=1S/C16H23NO2/c1-4-11-17-16(18)10-7-12-19-15-9-6-5-8-14(15)13(2)3/h4-6,8-9,13H,1,7,10-12H2,2-3H3,(H,17,18). The molecular weight excluding hydrogens is 238 g/mol. The van der Waals surface area contributed by atoms with Gasteiger partial charge in [-0.3, -0.25) is 4.79 Å². The van der Waals surface area contributed by atoms with Crippen molar-refractivity contribution in [2.45, 2.75) is 32.6 Å². The van der Waals surface area contributed by atoms with E-state index in [2.05, 4.69) is 31.8 Å². The molecule has 0 spiro atoms. The van der Waals surface area contributed by atoms with Gasteiger partial charge in [-0.05, 0) is 24.0 Å². The predicted octanol–water partition coefficient (Wildman–Crippen LogP) is 3.27. The molecule has 0 atom stereocenters. The van der Waals surface area contributed by atoms with Crippen LogP contribution in [0.2, 0.25) is 0 Å². The zero-order valence-electron chi connectivity index (χ0n) is 11.8. The lowest BCUT2D eigenvalue weighted by molar-refractivity contribution is -0.121. The van der Waals surface area contributed by atoms with E-state index in [-0.39, 0.29) is 5.91 Å². The quantitative estimate of drug-likeness (QED) is 0.576. The zero-order chi connectivity index (χ0) is 14.1. The fourth-order valence-corrected chi connectivity index (χ4v) is 1.78. The third kappa shape index (κ3) is 5.60. The van der Waals surface area contributed by atoms with Crippen LogP contribution in [0.3, 0.4) is 0 Å². The topological polar surface area (TPSA) is 38.3 Å². The molecule has 0 fully saturated rings. The molecule has 104 valence electrons. The van der Waals surface area contributed by atoms with Gasteiger partial charge in [-0.15, -0.1) is 6.58 Å². The van der Waals surface area contributed by atoms with Gasteiger partial charge in [-0.2, -0.15) is 0 Å². The highest BCUT2D eigenvalue weighted by Crippen LogP contribution is 2.25. The summed E-state index contributed by atoms with van der Waals surface area (Å²) in [5.41, 5.74) is 1.21. The third-order valence-corrected chi connectivity index (χ3v) is 2.79. The molecule has 0 unspecified atom stereocenters. The number of hydrogen-bond acceptors (Lipinski definition) is 2. The Morgan fingerprint density at radius 3 is 2.84 bits per heavy atom. The van der Waals surface area contributed by atoms with Crippen molar-refractivity contribution in [1.82, 2.24) is 5.32 Å². The minimum Gasteiger partial charge on any atom is -0.493 e. The number of nitrogens with one attached hydrogen (secondary N) is 1. The van der Waals surface area contributed by atoms with Crippen molar-refractivity contribution < 1.29 is 9.53 Å². The summed E-state index contributed by atoms with van der Waals surface area (Å²) in [6.45, 7) is 8.93. The van der Waals surface area contributed by atoms with E-state index in [4.69, 9.17) is 4.74 Å². The van der Waals surface area contributed by atoms with E-state index in [1.807, 2.05) is 18.2 Å². The molecule has 1 N–H and O–H groups in total. The molecule has 3 heteroatoms. The van der Waals surface area contributed by atoms with Crippen LogP contribution in [-0.4, -0.2) is 19.1 Å². The molecule has 1 rings (SSSR count). The van der Waals surface area contributed by atoms with Gasteiger partial charge in [-0.1, -0.05) is 38.1 Å². The summed E-state index contributed by atoms with van der Waals surface area (Å²) in [5, 5.41) is 2.75. The van der Waals surface area contributed by atoms with E-state index in [0.29, 0.717) is 25.5 Å². The molecule has 3 nitrogen and oxygen atoms in total. The Labute approximate surface area is 115 Å². The Morgan fingerprint density at radius 1 is 1.42 bits per heavy atom. The van der Waals surface area contributed by atoms with Gasteiger partial charge < -0.3 is 10.1 Å². The van der Waals surface area contributed by atoms with E-state index in [9.17, 15) is 4.79 Å². The van der Waals surface area contributed by atoms with E-state index < -0.39 is 0 Å². The number of hydrogen-bond donors (Lipinski definition) is 1. The van der Waals surface area contributed by atoms with Crippen molar-refractivity contribution in [3.63, 3.8) is 0 Å². The average Bonchev–Trinajstić information content (AvgIpc) is 2.41. The molecule has 0 bridgehead atoms. The molecule has 0 aliphatic carbocycles. The molecule has 1 amide bonds. The van der Waals surface area contributed by atoms with E-state index in [0.717, 1.165) is 12.2 Å². The zero-order valence-corrected chi connectivity index (χ0v) is 11.8. The largest absolute Gasteiger partial charge is 0.493 e. The first-order valence-electron chi connectivity index (χ1n) is 6.74. The van der Waals surface area contributed by atoms with Gasteiger partial charge in [0.15, 0.2) is 0 Å². The first-order chi connectivity index (χ1) is 9.15. The summed E-state index contributed by atoms with van der Waals surface area (Å²) in [5.74, 6) is 1.40.